The van der Waals surface area contributed by atoms with Gasteiger partial charge in [-0.2, -0.15) is 0 Å². The van der Waals surface area contributed by atoms with Gasteiger partial charge in [-0.3, -0.25) is 9.36 Å². The molecule has 0 saturated heterocycles. The Bertz CT molecular complexity index is 2980. The Hall–Kier alpha value is -6.77. The van der Waals surface area contributed by atoms with Crippen molar-refractivity contribution in [2.75, 3.05) is 0 Å². The Morgan fingerprint density at radius 3 is 1.24 bits per heavy atom. The molecule has 0 fully saturated rings. The summed E-state index contributed by atoms with van der Waals surface area (Å²) >= 11 is 0. The maximum Gasteiger partial charge on any atom is 0.263 e. The number of nitrogens with zero attached hydrogens (tertiary/aromatic N) is 1. The quantitative estimate of drug-likeness (QED) is 0.174. The Labute approximate surface area is 295 Å². The fraction of sp³-hybridized carbons (Fsp3) is 0. The number of aromatic nitrogens is 1. The first-order valence-corrected chi connectivity index (χ1v) is 17.4. The number of hydrogen-bond donors (Lipinski definition) is 0. The molecule has 0 unspecified atom stereocenters. The van der Waals surface area contributed by atoms with Gasteiger partial charge in [0.05, 0.1) is 5.52 Å². The van der Waals surface area contributed by atoms with Gasteiger partial charge < -0.3 is 0 Å². The minimum Gasteiger partial charge on any atom is -0.276 e. The lowest BCUT2D eigenvalue weighted by Crippen LogP contribution is -2.19. The third-order valence-electron chi connectivity index (χ3n) is 10.4. The average Bonchev–Trinajstić information content (AvgIpc) is 3.21. The summed E-state index contributed by atoms with van der Waals surface area (Å²) in [5.74, 6) is 0. The van der Waals surface area contributed by atoms with Crippen molar-refractivity contribution in [2.24, 2.45) is 0 Å². The Kier molecular flexibility index (Phi) is 6.68. The molecule has 51 heavy (non-hydrogen) atoms. The fourth-order valence-corrected chi connectivity index (χ4v) is 7.90. The monoisotopic (exact) mass is 649 g/mol. The molecule has 9 aromatic carbocycles. The van der Waals surface area contributed by atoms with Crippen LogP contribution in [0.3, 0.4) is 0 Å². The van der Waals surface area contributed by atoms with E-state index in [9.17, 15) is 4.79 Å². The van der Waals surface area contributed by atoms with E-state index in [-0.39, 0.29) is 5.56 Å². The van der Waals surface area contributed by atoms with Gasteiger partial charge in [-0.1, -0.05) is 152 Å². The SMILES string of the molecule is O=c1c2cc(-c3ccccc3)ccc2c2cc(-c3ccc4c5ccccc5c5ccccc5c4c3)ccc2n1-c1ccc(-c2ccccc2)cc1. The molecule has 0 bridgehead atoms. The summed E-state index contributed by atoms with van der Waals surface area (Å²) in [5.41, 5.74) is 8.32. The lowest BCUT2D eigenvalue weighted by molar-refractivity contribution is 1.06. The van der Waals surface area contributed by atoms with E-state index in [1.807, 2.05) is 41.0 Å². The summed E-state index contributed by atoms with van der Waals surface area (Å²) in [7, 11) is 0. The fourth-order valence-electron chi connectivity index (χ4n) is 7.90. The zero-order valence-electron chi connectivity index (χ0n) is 27.8. The van der Waals surface area contributed by atoms with Gasteiger partial charge >= 0.3 is 0 Å². The maximum atomic E-state index is 14.6. The van der Waals surface area contributed by atoms with Crippen molar-refractivity contribution in [3.63, 3.8) is 0 Å². The van der Waals surface area contributed by atoms with Gasteiger partial charge in [0, 0.05) is 16.5 Å². The van der Waals surface area contributed by atoms with Crippen molar-refractivity contribution in [1.82, 2.24) is 4.57 Å². The van der Waals surface area contributed by atoms with E-state index in [0.29, 0.717) is 5.39 Å². The van der Waals surface area contributed by atoms with Crippen LogP contribution in [0.25, 0.3) is 93.1 Å². The van der Waals surface area contributed by atoms with E-state index in [0.717, 1.165) is 55.4 Å². The third kappa shape index (κ3) is 4.76. The molecule has 0 saturated carbocycles. The molecule has 0 atom stereocenters. The molecular formula is C49H31NO. The number of pyridine rings is 1. The van der Waals surface area contributed by atoms with E-state index in [4.69, 9.17) is 0 Å². The summed E-state index contributed by atoms with van der Waals surface area (Å²) in [4.78, 5) is 14.6. The van der Waals surface area contributed by atoms with Crippen LogP contribution in [0.15, 0.2) is 193 Å². The molecule has 0 radical (unpaired) electrons. The molecule has 10 aromatic rings. The van der Waals surface area contributed by atoms with E-state index in [1.54, 1.807) is 0 Å². The van der Waals surface area contributed by atoms with Crippen molar-refractivity contribution >= 4 is 54.0 Å². The summed E-state index contributed by atoms with van der Waals surface area (Å²) in [6.45, 7) is 0. The van der Waals surface area contributed by atoms with Crippen molar-refractivity contribution in [2.45, 2.75) is 0 Å². The topological polar surface area (TPSA) is 22.0 Å². The predicted octanol–water partition coefficient (Wildman–Crippen LogP) is 12.6. The molecule has 238 valence electrons. The molecule has 2 heteroatoms. The smallest absolute Gasteiger partial charge is 0.263 e. The van der Waals surface area contributed by atoms with Gasteiger partial charge in [-0.25, -0.2) is 0 Å². The van der Waals surface area contributed by atoms with E-state index < -0.39 is 0 Å². The Morgan fingerprint density at radius 2 is 0.647 bits per heavy atom. The highest BCUT2D eigenvalue weighted by molar-refractivity contribution is 6.25. The van der Waals surface area contributed by atoms with Crippen LogP contribution in [0, 0.1) is 0 Å². The van der Waals surface area contributed by atoms with Gasteiger partial charge in [0.2, 0.25) is 0 Å². The van der Waals surface area contributed by atoms with Crippen LogP contribution >= 0.6 is 0 Å². The number of hydrogen-bond acceptors (Lipinski definition) is 1. The van der Waals surface area contributed by atoms with Crippen LogP contribution in [0.2, 0.25) is 0 Å². The average molecular weight is 650 g/mol. The summed E-state index contributed by atoms with van der Waals surface area (Å²) in [6, 6.07) is 66.0. The second-order valence-corrected chi connectivity index (χ2v) is 13.3. The Balaban J connectivity index is 1.21. The van der Waals surface area contributed by atoms with E-state index in [1.165, 1.54) is 32.3 Å². The minimum absolute atomic E-state index is 0.0282. The minimum atomic E-state index is -0.0282. The van der Waals surface area contributed by atoms with Crippen LogP contribution in [0.1, 0.15) is 0 Å². The van der Waals surface area contributed by atoms with Crippen LogP contribution in [0.5, 0.6) is 0 Å². The normalized spacial score (nSPS) is 11.6. The first-order chi connectivity index (χ1) is 25.2. The molecule has 0 spiro atoms. The van der Waals surface area contributed by atoms with Crippen LogP contribution in [-0.4, -0.2) is 4.57 Å². The molecule has 0 aliphatic heterocycles. The van der Waals surface area contributed by atoms with E-state index in [2.05, 4.69) is 152 Å². The molecule has 2 nitrogen and oxygen atoms in total. The van der Waals surface area contributed by atoms with Crippen molar-refractivity contribution in [3.05, 3.63) is 198 Å². The van der Waals surface area contributed by atoms with Crippen molar-refractivity contribution < 1.29 is 0 Å². The highest BCUT2D eigenvalue weighted by Crippen LogP contribution is 2.38. The van der Waals surface area contributed by atoms with Crippen LogP contribution < -0.4 is 5.56 Å². The van der Waals surface area contributed by atoms with Crippen molar-refractivity contribution in [1.29, 1.82) is 0 Å². The number of fused-ring (bicyclic) bond motifs is 9. The highest BCUT2D eigenvalue weighted by atomic mass is 16.1. The Morgan fingerprint density at radius 1 is 0.275 bits per heavy atom. The van der Waals surface area contributed by atoms with Crippen molar-refractivity contribution in [3.8, 4) is 39.1 Å². The largest absolute Gasteiger partial charge is 0.276 e. The summed E-state index contributed by atoms with van der Waals surface area (Å²) in [6.07, 6.45) is 0. The third-order valence-corrected chi connectivity index (χ3v) is 10.4. The molecule has 0 N–H and O–H groups in total. The van der Waals surface area contributed by atoms with E-state index >= 15 is 0 Å². The maximum absolute atomic E-state index is 14.6. The summed E-state index contributed by atoms with van der Waals surface area (Å²) in [5, 5.41) is 10.2. The van der Waals surface area contributed by atoms with Crippen LogP contribution in [0.4, 0.5) is 0 Å². The van der Waals surface area contributed by atoms with Crippen LogP contribution in [-0.2, 0) is 0 Å². The molecule has 1 aromatic heterocycles. The first kappa shape index (κ1) is 29.2. The predicted molar refractivity (Wildman–Crippen MR) is 216 cm³/mol. The molecule has 1 heterocycles. The molecule has 10 rings (SSSR count). The molecule has 0 aliphatic carbocycles. The summed E-state index contributed by atoms with van der Waals surface area (Å²) < 4.78 is 1.88. The van der Waals surface area contributed by atoms with Gasteiger partial charge in [-0.05, 0) is 107 Å². The van der Waals surface area contributed by atoms with Gasteiger partial charge in [0.1, 0.15) is 0 Å². The molecule has 0 aliphatic rings. The van der Waals surface area contributed by atoms with Gasteiger partial charge in [0.15, 0.2) is 0 Å². The second-order valence-electron chi connectivity index (χ2n) is 13.3. The standard InChI is InChI=1S/C49H31NO/c51-49-47-31-35(33-13-5-2-6-14-33)21-27-44(47)46-30-37(23-28-48(46)50(49)38-24-19-34(20-25-38)32-11-3-1-4-12-32)36-22-26-43-41-17-8-7-15-39(41)40-16-9-10-18-42(40)45(43)29-36/h1-31H. The molecular weight excluding hydrogens is 619 g/mol. The lowest BCUT2D eigenvalue weighted by Gasteiger charge is -2.16. The zero-order valence-corrected chi connectivity index (χ0v) is 27.8. The van der Waals surface area contributed by atoms with Gasteiger partial charge in [0.25, 0.3) is 5.56 Å². The number of benzene rings is 9. The lowest BCUT2D eigenvalue weighted by atomic mass is 9.91. The highest BCUT2D eigenvalue weighted by Gasteiger charge is 2.16. The molecule has 0 amide bonds. The van der Waals surface area contributed by atoms with Gasteiger partial charge in [-0.15, -0.1) is 0 Å². The zero-order chi connectivity index (χ0) is 33.9. The second kappa shape index (κ2) is 11.7. The number of rotatable bonds is 4. The first-order valence-electron chi connectivity index (χ1n) is 17.4.